The zero-order chi connectivity index (χ0) is 21.2. The molecule has 6 heteroatoms. The number of allylic oxidation sites excluding steroid dienone is 1. The minimum Gasteiger partial charge on any atom is -0.255 e. The maximum Gasteiger partial charge on any atom is 0.239 e. The summed E-state index contributed by atoms with van der Waals surface area (Å²) < 4.78 is 26.3. The Kier molecular flexibility index (Phi) is 6.01. The van der Waals surface area contributed by atoms with Gasteiger partial charge in [0.2, 0.25) is 6.43 Å². The number of fused-ring (bicyclic) bond motifs is 2. The lowest BCUT2D eigenvalue weighted by Gasteiger charge is -2.25. The van der Waals surface area contributed by atoms with Gasteiger partial charge in [-0.05, 0) is 32.1 Å². The minimum atomic E-state index is -2.42. The lowest BCUT2D eigenvalue weighted by molar-refractivity contribution is 0.121. The molecule has 0 fully saturated rings. The molecule has 4 nitrogen and oxygen atoms in total. The molecule has 0 bridgehead atoms. The minimum absolute atomic E-state index is 0.284. The summed E-state index contributed by atoms with van der Waals surface area (Å²) in [6.45, 7) is 11.5. The molecule has 0 radical (unpaired) electrons. The van der Waals surface area contributed by atoms with Crippen molar-refractivity contribution in [3.8, 4) is 0 Å². The number of hydrogen-bond donors (Lipinski definition) is 0. The first-order chi connectivity index (χ1) is 13.8. The summed E-state index contributed by atoms with van der Waals surface area (Å²) >= 11 is 0. The van der Waals surface area contributed by atoms with E-state index in [1.54, 1.807) is 26.1 Å². The second-order valence-electron chi connectivity index (χ2n) is 7.51. The second-order valence-corrected chi connectivity index (χ2v) is 7.51. The first kappa shape index (κ1) is 21.0. The number of hydrogen-bond acceptors (Lipinski definition) is 4. The molecule has 0 saturated heterocycles. The van der Waals surface area contributed by atoms with Gasteiger partial charge in [0, 0.05) is 35.9 Å². The van der Waals surface area contributed by atoms with Crippen LogP contribution in [0.4, 0.5) is 14.5 Å². The quantitative estimate of drug-likeness (QED) is 0.643. The van der Waals surface area contributed by atoms with Crippen molar-refractivity contribution in [1.82, 2.24) is 15.0 Å². The molecule has 152 valence electrons. The van der Waals surface area contributed by atoms with Crippen molar-refractivity contribution >= 4 is 23.0 Å². The monoisotopic (exact) mass is 396 g/mol. The maximum atomic E-state index is 13.2. The third-order valence-electron chi connectivity index (χ3n) is 5.18. The normalized spacial score (nSPS) is 19.1. The molecule has 0 N–H and O–H groups in total. The number of alkyl halides is 2. The number of aromatic nitrogens is 3. The molecular weight excluding hydrogens is 370 g/mol. The van der Waals surface area contributed by atoms with Crippen molar-refractivity contribution in [2.24, 2.45) is 4.99 Å². The van der Waals surface area contributed by atoms with E-state index in [2.05, 4.69) is 35.4 Å². The Morgan fingerprint density at radius 1 is 1.24 bits per heavy atom. The third kappa shape index (κ3) is 3.88. The van der Waals surface area contributed by atoms with Crippen molar-refractivity contribution in [3.63, 3.8) is 0 Å². The standard InChI is InChI=1S/C20H18F2N4.C3H8/c1-4-18-23-10-13-12(5-6-15(13)25-18)14-7-8-16-19(26-14)20(3,9-17(21)22)11(2)24-16;1-3-2/h4-5,7-8,10,17H,1,6,9H2,2-3H3;3H2,1-2H3. The van der Waals surface area contributed by atoms with Gasteiger partial charge < -0.3 is 0 Å². The fourth-order valence-corrected chi connectivity index (χ4v) is 3.59. The van der Waals surface area contributed by atoms with Crippen LogP contribution in [0.1, 0.15) is 69.0 Å². The van der Waals surface area contributed by atoms with E-state index in [0.717, 1.165) is 22.5 Å². The van der Waals surface area contributed by atoms with Crippen LogP contribution in [0.15, 0.2) is 36.0 Å². The van der Waals surface area contributed by atoms with Gasteiger partial charge in [0.05, 0.1) is 28.2 Å². The van der Waals surface area contributed by atoms with Crippen LogP contribution in [0.5, 0.6) is 0 Å². The van der Waals surface area contributed by atoms with Gasteiger partial charge >= 0.3 is 0 Å². The third-order valence-corrected chi connectivity index (χ3v) is 5.18. The van der Waals surface area contributed by atoms with Crippen LogP contribution in [0.3, 0.4) is 0 Å². The van der Waals surface area contributed by atoms with Gasteiger partial charge in [0.15, 0.2) is 5.82 Å². The van der Waals surface area contributed by atoms with Gasteiger partial charge in [-0.2, -0.15) is 0 Å². The summed E-state index contributed by atoms with van der Waals surface area (Å²) in [5.41, 5.74) is 4.65. The van der Waals surface area contributed by atoms with E-state index in [0.29, 0.717) is 29.3 Å². The molecule has 2 aliphatic rings. The van der Waals surface area contributed by atoms with Crippen LogP contribution in [-0.4, -0.2) is 27.1 Å². The predicted octanol–water partition coefficient (Wildman–Crippen LogP) is 5.94. The smallest absolute Gasteiger partial charge is 0.239 e. The maximum absolute atomic E-state index is 13.2. The Morgan fingerprint density at radius 2 is 1.97 bits per heavy atom. The molecule has 0 aromatic carbocycles. The van der Waals surface area contributed by atoms with Gasteiger partial charge in [-0.25, -0.2) is 23.7 Å². The molecule has 0 amide bonds. The van der Waals surface area contributed by atoms with Gasteiger partial charge in [-0.3, -0.25) is 4.99 Å². The number of aliphatic imine (C=N–C) groups is 1. The molecule has 3 heterocycles. The van der Waals surface area contributed by atoms with E-state index < -0.39 is 11.8 Å². The Balaban J connectivity index is 0.000000755. The van der Waals surface area contributed by atoms with Crippen molar-refractivity contribution in [1.29, 1.82) is 0 Å². The summed E-state index contributed by atoms with van der Waals surface area (Å²) in [5.74, 6) is 0.592. The average molecular weight is 396 g/mol. The van der Waals surface area contributed by atoms with Crippen LogP contribution >= 0.6 is 0 Å². The van der Waals surface area contributed by atoms with Crippen molar-refractivity contribution in [2.75, 3.05) is 0 Å². The van der Waals surface area contributed by atoms with Gasteiger partial charge in [-0.15, -0.1) is 0 Å². The summed E-state index contributed by atoms with van der Waals surface area (Å²) in [4.78, 5) is 17.9. The van der Waals surface area contributed by atoms with Gasteiger partial charge in [0.1, 0.15) is 0 Å². The Hall–Kier alpha value is -2.76. The number of halogens is 2. The summed E-state index contributed by atoms with van der Waals surface area (Å²) in [5, 5.41) is 0. The topological polar surface area (TPSA) is 51.0 Å². The molecule has 0 spiro atoms. The van der Waals surface area contributed by atoms with Gasteiger partial charge in [-0.1, -0.05) is 32.9 Å². The highest BCUT2D eigenvalue weighted by molar-refractivity contribution is 5.99. The summed E-state index contributed by atoms with van der Waals surface area (Å²) in [7, 11) is 0. The molecule has 1 aliphatic heterocycles. The first-order valence-corrected chi connectivity index (χ1v) is 9.88. The zero-order valence-corrected chi connectivity index (χ0v) is 17.3. The summed E-state index contributed by atoms with van der Waals surface area (Å²) in [6.07, 6.45) is 4.67. The first-order valence-electron chi connectivity index (χ1n) is 9.88. The Labute approximate surface area is 170 Å². The van der Waals surface area contributed by atoms with E-state index in [4.69, 9.17) is 4.98 Å². The molecule has 4 rings (SSSR count). The largest absolute Gasteiger partial charge is 0.255 e. The van der Waals surface area contributed by atoms with Crippen LogP contribution in [0.25, 0.3) is 11.6 Å². The number of pyridine rings is 1. The molecular formula is C23H26F2N4. The fraction of sp³-hybridized carbons (Fsp3) is 0.391. The number of nitrogens with zero attached hydrogens (tertiary/aromatic N) is 4. The van der Waals surface area contributed by atoms with Crippen molar-refractivity contribution in [3.05, 3.63) is 59.5 Å². The molecule has 29 heavy (non-hydrogen) atoms. The molecule has 2 aromatic heterocycles. The Bertz CT molecular complexity index is 994. The highest BCUT2D eigenvalue weighted by Gasteiger charge is 2.41. The van der Waals surface area contributed by atoms with Crippen LogP contribution in [0, 0.1) is 0 Å². The van der Waals surface area contributed by atoms with E-state index in [9.17, 15) is 8.78 Å². The summed E-state index contributed by atoms with van der Waals surface area (Å²) in [6, 6.07) is 3.74. The fourth-order valence-electron chi connectivity index (χ4n) is 3.59. The van der Waals surface area contributed by atoms with E-state index in [1.165, 1.54) is 6.42 Å². The zero-order valence-electron chi connectivity index (χ0n) is 17.3. The van der Waals surface area contributed by atoms with Gasteiger partial charge in [0.25, 0.3) is 0 Å². The number of rotatable bonds is 4. The van der Waals surface area contributed by atoms with Crippen molar-refractivity contribution in [2.45, 2.75) is 58.8 Å². The van der Waals surface area contributed by atoms with Crippen molar-refractivity contribution < 1.29 is 8.78 Å². The molecule has 1 unspecified atom stereocenters. The lowest BCUT2D eigenvalue weighted by Crippen LogP contribution is -2.31. The SMILES string of the molecule is C=Cc1ncc2c(n1)CC=C2c1ccc2c(n1)C(C)(CC(F)F)C(C)=N2.CCC. The van der Waals surface area contributed by atoms with E-state index >= 15 is 0 Å². The van der Waals surface area contributed by atoms with Crippen LogP contribution < -0.4 is 0 Å². The van der Waals surface area contributed by atoms with Crippen LogP contribution in [-0.2, 0) is 11.8 Å². The molecule has 1 aliphatic carbocycles. The molecule has 1 atom stereocenters. The van der Waals surface area contributed by atoms with E-state index in [1.807, 2.05) is 18.2 Å². The average Bonchev–Trinajstić information content (AvgIpc) is 3.20. The second kappa shape index (κ2) is 8.31. The molecule has 2 aromatic rings. The highest BCUT2D eigenvalue weighted by Crippen LogP contribution is 2.43. The molecule has 0 saturated carbocycles. The van der Waals surface area contributed by atoms with E-state index in [-0.39, 0.29) is 6.42 Å². The highest BCUT2D eigenvalue weighted by atomic mass is 19.3. The Morgan fingerprint density at radius 3 is 2.62 bits per heavy atom. The lowest BCUT2D eigenvalue weighted by atomic mass is 9.80. The predicted molar refractivity (Wildman–Crippen MR) is 114 cm³/mol. The van der Waals surface area contributed by atoms with Crippen LogP contribution in [0.2, 0.25) is 0 Å².